The van der Waals surface area contributed by atoms with Crippen LogP contribution in [0.15, 0.2) is 0 Å². The first-order valence-corrected chi connectivity index (χ1v) is 5.16. The van der Waals surface area contributed by atoms with Gasteiger partial charge in [-0.1, -0.05) is 13.8 Å². The maximum Gasteiger partial charge on any atom is 0.316 e. The fourth-order valence-electron chi connectivity index (χ4n) is 2.03. The van der Waals surface area contributed by atoms with Crippen LogP contribution in [-0.2, 0) is 14.3 Å². The summed E-state index contributed by atoms with van der Waals surface area (Å²) in [4.78, 5) is 22.8. The monoisotopic (exact) mass is 198 g/mol. The van der Waals surface area contributed by atoms with Crippen molar-refractivity contribution in [2.75, 3.05) is 7.11 Å². The smallest absolute Gasteiger partial charge is 0.316 e. The van der Waals surface area contributed by atoms with Crippen molar-refractivity contribution in [3.8, 4) is 0 Å². The van der Waals surface area contributed by atoms with Crippen LogP contribution in [0, 0.1) is 17.8 Å². The molecule has 0 aromatic carbocycles. The molecule has 0 spiro atoms. The van der Waals surface area contributed by atoms with Gasteiger partial charge in [0.05, 0.1) is 7.11 Å². The lowest BCUT2D eigenvalue weighted by molar-refractivity contribution is -0.151. The van der Waals surface area contributed by atoms with Gasteiger partial charge in [-0.05, 0) is 24.7 Å². The summed E-state index contributed by atoms with van der Waals surface area (Å²) in [7, 11) is 1.34. The van der Waals surface area contributed by atoms with Crippen molar-refractivity contribution in [3.63, 3.8) is 0 Å². The molecule has 0 aromatic heterocycles. The van der Waals surface area contributed by atoms with E-state index in [0.717, 1.165) is 6.42 Å². The summed E-state index contributed by atoms with van der Waals surface area (Å²) in [5.41, 5.74) is 0. The first-order chi connectivity index (χ1) is 6.56. The highest BCUT2D eigenvalue weighted by molar-refractivity contribution is 5.99. The van der Waals surface area contributed by atoms with Gasteiger partial charge < -0.3 is 4.74 Å². The van der Waals surface area contributed by atoms with Crippen LogP contribution in [0.25, 0.3) is 0 Å². The van der Waals surface area contributed by atoms with Crippen LogP contribution in [0.1, 0.15) is 33.1 Å². The second-order valence-electron chi connectivity index (χ2n) is 4.32. The topological polar surface area (TPSA) is 43.4 Å². The number of rotatable bonds is 2. The average molecular weight is 198 g/mol. The van der Waals surface area contributed by atoms with Crippen LogP contribution in [0.4, 0.5) is 0 Å². The Morgan fingerprint density at radius 1 is 1.50 bits per heavy atom. The fourth-order valence-corrected chi connectivity index (χ4v) is 2.03. The van der Waals surface area contributed by atoms with E-state index in [-0.39, 0.29) is 11.8 Å². The Kier molecular flexibility index (Phi) is 3.67. The molecule has 0 aliphatic heterocycles. The summed E-state index contributed by atoms with van der Waals surface area (Å²) in [6, 6.07) is 0. The van der Waals surface area contributed by atoms with Crippen molar-refractivity contribution in [2.24, 2.45) is 17.8 Å². The normalized spacial score (nSPS) is 27.9. The maximum atomic E-state index is 11.5. The van der Waals surface area contributed by atoms with Crippen molar-refractivity contribution < 1.29 is 14.3 Å². The van der Waals surface area contributed by atoms with E-state index in [0.29, 0.717) is 24.7 Å². The van der Waals surface area contributed by atoms with Crippen LogP contribution >= 0.6 is 0 Å². The van der Waals surface area contributed by atoms with Crippen LogP contribution in [0.5, 0.6) is 0 Å². The lowest BCUT2D eigenvalue weighted by Crippen LogP contribution is -2.33. The van der Waals surface area contributed by atoms with Gasteiger partial charge in [-0.15, -0.1) is 0 Å². The van der Waals surface area contributed by atoms with Crippen LogP contribution in [0.3, 0.4) is 0 Å². The molecular weight excluding hydrogens is 180 g/mol. The van der Waals surface area contributed by atoms with Gasteiger partial charge in [-0.25, -0.2) is 0 Å². The predicted octanol–water partition coefficient (Wildman–Crippen LogP) is 1.80. The quantitative estimate of drug-likeness (QED) is 0.502. The molecule has 0 saturated heterocycles. The number of carbonyl (C=O) groups excluding carboxylic acids is 2. The van der Waals surface area contributed by atoms with Crippen molar-refractivity contribution >= 4 is 11.8 Å². The first kappa shape index (κ1) is 11.2. The predicted molar refractivity (Wildman–Crippen MR) is 52.7 cm³/mol. The Balaban J connectivity index is 2.64. The zero-order valence-electron chi connectivity index (χ0n) is 9.08. The first-order valence-electron chi connectivity index (χ1n) is 5.16. The van der Waals surface area contributed by atoms with E-state index >= 15 is 0 Å². The molecule has 0 amide bonds. The van der Waals surface area contributed by atoms with E-state index < -0.39 is 5.92 Å². The third kappa shape index (κ3) is 2.34. The summed E-state index contributed by atoms with van der Waals surface area (Å²) in [5.74, 6) is 0.210. The Morgan fingerprint density at radius 3 is 2.64 bits per heavy atom. The molecule has 80 valence electrons. The number of hydrogen-bond acceptors (Lipinski definition) is 3. The van der Waals surface area contributed by atoms with E-state index in [2.05, 4.69) is 18.6 Å². The van der Waals surface area contributed by atoms with E-state index in [1.807, 2.05) is 0 Å². The van der Waals surface area contributed by atoms with Crippen LogP contribution < -0.4 is 0 Å². The fraction of sp³-hybridized carbons (Fsp3) is 0.818. The maximum absolute atomic E-state index is 11.5. The number of hydrogen-bond donors (Lipinski definition) is 0. The van der Waals surface area contributed by atoms with E-state index in [1.54, 1.807) is 0 Å². The average Bonchev–Trinajstić information content (AvgIpc) is 2.17. The Morgan fingerprint density at radius 2 is 2.14 bits per heavy atom. The number of Topliss-reactive ketones (excluding diaryl/α,β-unsaturated/α-hetero) is 1. The van der Waals surface area contributed by atoms with Crippen LogP contribution in [0.2, 0.25) is 0 Å². The summed E-state index contributed by atoms with van der Waals surface area (Å²) in [6.45, 7) is 4.27. The van der Waals surface area contributed by atoms with Gasteiger partial charge in [0, 0.05) is 6.42 Å². The van der Waals surface area contributed by atoms with Gasteiger partial charge >= 0.3 is 5.97 Å². The lowest BCUT2D eigenvalue weighted by atomic mass is 9.75. The number of ether oxygens (including phenoxy) is 1. The standard InChI is InChI=1S/C11H18O3/c1-7(2)8-4-5-10(12)9(6-8)11(13)14-3/h7-9H,4-6H2,1-3H3. The molecule has 0 N–H and O–H groups in total. The molecule has 3 heteroatoms. The van der Waals surface area contributed by atoms with E-state index in [9.17, 15) is 9.59 Å². The third-order valence-electron chi connectivity index (χ3n) is 3.12. The molecule has 3 nitrogen and oxygen atoms in total. The summed E-state index contributed by atoms with van der Waals surface area (Å²) in [5, 5.41) is 0. The van der Waals surface area contributed by atoms with Crippen molar-refractivity contribution in [3.05, 3.63) is 0 Å². The van der Waals surface area contributed by atoms with E-state index in [4.69, 9.17) is 0 Å². The molecule has 0 aromatic rings. The largest absolute Gasteiger partial charge is 0.468 e. The second kappa shape index (κ2) is 4.58. The van der Waals surface area contributed by atoms with Crippen molar-refractivity contribution in [1.29, 1.82) is 0 Å². The second-order valence-corrected chi connectivity index (χ2v) is 4.32. The summed E-state index contributed by atoms with van der Waals surface area (Å²) in [6.07, 6.45) is 2.12. The number of ketones is 1. The molecule has 0 bridgehead atoms. The van der Waals surface area contributed by atoms with Gasteiger partial charge in [0.25, 0.3) is 0 Å². The molecular formula is C11H18O3. The molecule has 0 heterocycles. The van der Waals surface area contributed by atoms with Crippen molar-refractivity contribution in [2.45, 2.75) is 33.1 Å². The Bertz CT molecular complexity index is 225. The minimum absolute atomic E-state index is 0.0498. The number of esters is 1. The molecule has 14 heavy (non-hydrogen) atoms. The van der Waals surface area contributed by atoms with Gasteiger partial charge in [0.15, 0.2) is 0 Å². The Hall–Kier alpha value is -0.860. The third-order valence-corrected chi connectivity index (χ3v) is 3.12. The zero-order valence-corrected chi connectivity index (χ0v) is 9.08. The molecule has 1 rings (SSSR count). The molecule has 1 aliphatic rings. The minimum atomic E-state index is -0.499. The molecule has 1 saturated carbocycles. The highest BCUT2D eigenvalue weighted by Gasteiger charge is 2.35. The highest BCUT2D eigenvalue weighted by atomic mass is 16.5. The highest BCUT2D eigenvalue weighted by Crippen LogP contribution is 2.32. The summed E-state index contributed by atoms with van der Waals surface area (Å²) < 4.78 is 4.63. The molecule has 1 aliphatic carbocycles. The molecule has 2 unspecified atom stereocenters. The molecule has 0 radical (unpaired) electrons. The van der Waals surface area contributed by atoms with Gasteiger partial charge in [-0.3, -0.25) is 9.59 Å². The van der Waals surface area contributed by atoms with Gasteiger partial charge in [-0.2, -0.15) is 0 Å². The van der Waals surface area contributed by atoms with Gasteiger partial charge in [0.1, 0.15) is 11.7 Å². The lowest BCUT2D eigenvalue weighted by Gasteiger charge is -2.28. The molecule has 2 atom stereocenters. The van der Waals surface area contributed by atoms with Crippen LogP contribution in [-0.4, -0.2) is 18.9 Å². The number of carbonyl (C=O) groups is 2. The number of methoxy groups -OCH3 is 1. The van der Waals surface area contributed by atoms with Crippen molar-refractivity contribution in [1.82, 2.24) is 0 Å². The Labute approximate surface area is 84.8 Å². The SMILES string of the molecule is COC(=O)C1CC(C(C)C)CCC1=O. The van der Waals surface area contributed by atoms with E-state index in [1.165, 1.54) is 7.11 Å². The minimum Gasteiger partial charge on any atom is -0.468 e. The zero-order chi connectivity index (χ0) is 10.7. The summed E-state index contributed by atoms with van der Waals surface area (Å²) >= 11 is 0. The molecule has 1 fully saturated rings. The van der Waals surface area contributed by atoms with Gasteiger partial charge in [0.2, 0.25) is 0 Å².